The summed E-state index contributed by atoms with van der Waals surface area (Å²) in [7, 11) is 3.03. The van der Waals surface area contributed by atoms with Crippen molar-refractivity contribution in [3.63, 3.8) is 0 Å². The molecular formula is C31H30N4O4. The molecule has 8 heteroatoms. The average molecular weight is 523 g/mol. The topological polar surface area (TPSA) is 89.7 Å². The van der Waals surface area contributed by atoms with Crippen LogP contribution in [0.1, 0.15) is 21.7 Å². The SMILES string of the molecule is COC(=O)c1ccc(-c2cc3cc(OC)c(NCCN(Cc4ccccn4)Cc4ccccn4)cc3o2)cc1. The molecule has 0 aliphatic rings. The summed E-state index contributed by atoms with van der Waals surface area (Å²) >= 11 is 0. The van der Waals surface area contributed by atoms with Crippen molar-refractivity contribution in [3.8, 4) is 17.1 Å². The van der Waals surface area contributed by atoms with Crippen LogP contribution in [0.3, 0.4) is 0 Å². The number of hydrogen-bond acceptors (Lipinski definition) is 8. The molecule has 0 aliphatic heterocycles. The molecule has 0 bridgehead atoms. The van der Waals surface area contributed by atoms with E-state index in [-0.39, 0.29) is 5.97 Å². The number of furan rings is 1. The third kappa shape index (κ3) is 6.42. The fourth-order valence-corrected chi connectivity index (χ4v) is 4.41. The molecule has 5 aromatic rings. The van der Waals surface area contributed by atoms with Crippen LogP contribution in [-0.2, 0) is 17.8 Å². The zero-order valence-corrected chi connectivity index (χ0v) is 22.0. The Morgan fingerprint density at radius 1 is 0.897 bits per heavy atom. The highest BCUT2D eigenvalue weighted by Crippen LogP contribution is 2.35. The summed E-state index contributed by atoms with van der Waals surface area (Å²) < 4.78 is 16.6. The van der Waals surface area contributed by atoms with E-state index >= 15 is 0 Å². The molecule has 8 nitrogen and oxygen atoms in total. The van der Waals surface area contributed by atoms with E-state index in [1.807, 2.05) is 79.1 Å². The Bertz CT molecular complexity index is 1480. The minimum Gasteiger partial charge on any atom is -0.495 e. The number of ether oxygens (including phenoxy) is 2. The first-order chi connectivity index (χ1) is 19.1. The number of esters is 1. The van der Waals surface area contributed by atoms with Gasteiger partial charge < -0.3 is 19.2 Å². The zero-order valence-electron chi connectivity index (χ0n) is 22.0. The zero-order chi connectivity index (χ0) is 27.0. The van der Waals surface area contributed by atoms with Gasteiger partial charge in [-0.05, 0) is 48.5 Å². The van der Waals surface area contributed by atoms with E-state index in [9.17, 15) is 4.79 Å². The van der Waals surface area contributed by atoms with Crippen molar-refractivity contribution in [2.45, 2.75) is 13.1 Å². The minimum absolute atomic E-state index is 0.370. The van der Waals surface area contributed by atoms with Crippen molar-refractivity contribution in [1.82, 2.24) is 14.9 Å². The fourth-order valence-electron chi connectivity index (χ4n) is 4.41. The van der Waals surface area contributed by atoms with Gasteiger partial charge in [0.2, 0.25) is 0 Å². The summed E-state index contributed by atoms with van der Waals surface area (Å²) in [5, 5.41) is 4.44. The van der Waals surface area contributed by atoms with Crippen molar-refractivity contribution in [2.75, 3.05) is 32.6 Å². The second kappa shape index (κ2) is 12.2. The number of rotatable bonds is 11. The van der Waals surface area contributed by atoms with Crippen LogP contribution in [0.15, 0.2) is 95.7 Å². The Labute approximate surface area is 227 Å². The standard InChI is InChI=1S/C31H30N4O4/c1-37-30-18-24-17-28(22-9-11-23(12-10-22)31(36)38-2)39-29(24)19-27(30)34-15-16-35(20-25-7-3-5-13-32-25)21-26-8-4-6-14-33-26/h3-14,17-19,34H,15-16,20-21H2,1-2H3. The summed E-state index contributed by atoms with van der Waals surface area (Å²) in [6, 6.07) is 25.0. The van der Waals surface area contributed by atoms with Gasteiger partial charge in [-0.2, -0.15) is 0 Å². The third-order valence-electron chi connectivity index (χ3n) is 6.40. The van der Waals surface area contributed by atoms with Crippen molar-refractivity contribution in [2.24, 2.45) is 0 Å². The normalized spacial score (nSPS) is 11.1. The molecule has 39 heavy (non-hydrogen) atoms. The van der Waals surface area contributed by atoms with Gasteiger partial charge in [0.1, 0.15) is 17.1 Å². The van der Waals surface area contributed by atoms with Crippen LogP contribution in [-0.4, -0.2) is 48.1 Å². The van der Waals surface area contributed by atoms with Gasteiger partial charge in [-0.3, -0.25) is 14.9 Å². The molecule has 0 saturated carbocycles. The van der Waals surface area contributed by atoms with Crippen molar-refractivity contribution < 1.29 is 18.7 Å². The highest BCUT2D eigenvalue weighted by Gasteiger charge is 2.14. The van der Waals surface area contributed by atoms with E-state index in [4.69, 9.17) is 13.9 Å². The van der Waals surface area contributed by atoms with Crippen LogP contribution in [0.25, 0.3) is 22.3 Å². The maximum absolute atomic E-state index is 11.7. The number of nitrogens with one attached hydrogen (secondary N) is 1. The third-order valence-corrected chi connectivity index (χ3v) is 6.40. The molecule has 0 unspecified atom stereocenters. The highest BCUT2D eigenvalue weighted by atomic mass is 16.5. The van der Waals surface area contributed by atoms with Crippen LogP contribution in [0.4, 0.5) is 5.69 Å². The van der Waals surface area contributed by atoms with Crippen molar-refractivity contribution >= 4 is 22.6 Å². The largest absolute Gasteiger partial charge is 0.495 e. The molecule has 1 N–H and O–H groups in total. The van der Waals surface area contributed by atoms with Crippen molar-refractivity contribution in [1.29, 1.82) is 0 Å². The van der Waals surface area contributed by atoms with E-state index in [2.05, 4.69) is 20.2 Å². The Kier molecular flexibility index (Phi) is 8.14. The Morgan fingerprint density at radius 3 is 2.18 bits per heavy atom. The van der Waals surface area contributed by atoms with Crippen molar-refractivity contribution in [3.05, 3.63) is 108 Å². The second-order valence-electron chi connectivity index (χ2n) is 9.05. The highest BCUT2D eigenvalue weighted by molar-refractivity contribution is 5.91. The number of methoxy groups -OCH3 is 2. The average Bonchev–Trinajstić information content (AvgIpc) is 3.40. The monoisotopic (exact) mass is 522 g/mol. The summed E-state index contributed by atoms with van der Waals surface area (Å²) in [6.07, 6.45) is 3.63. The van der Waals surface area contributed by atoms with Crippen LogP contribution in [0.5, 0.6) is 5.75 Å². The Morgan fingerprint density at radius 2 is 1.59 bits per heavy atom. The van der Waals surface area contributed by atoms with Crippen LogP contribution in [0.2, 0.25) is 0 Å². The number of fused-ring (bicyclic) bond motifs is 1. The molecule has 0 spiro atoms. The van der Waals surface area contributed by atoms with Gasteiger partial charge in [0.15, 0.2) is 0 Å². The van der Waals surface area contributed by atoms with Crippen LogP contribution >= 0.6 is 0 Å². The quantitative estimate of drug-likeness (QED) is 0.218. The maximum atomic E-state index is 11.7. The smallest absolute Gasteiger partial charge is 0.337 e. The predicted molar refractivity (Wildman–Crippen MR) is 151 cm³/mol. The lowest BCUT2D eigenvalue weighted by molar-refractivity contribution is 0.0600. The Hall–Kier alpha value is -4.69. The molecule has 5 rings (SSSR count). The summed E-state index contributed by atoms with van der Waals surface area (Å²) in [6.45, 7) is 2.88. The van der Waals surface area contributed by atoms with Gasteiger partial charge >= 0.3 is 5.97 Å². The first-order valence-electron chi connectivity index (χ1n) is 12.7. The predicted octanol–water partition coefficient (Wildman–Crippen LogP) is 5.80. The van der Waals surface area contributed by atoms with E-state index in [0.29, 0.717) is 31.0 Å². The maximum Gasteiger partial charge on any atom is 0.337 e. The number of nitrogens with zero attached hydrogens (tertiary/aromatic N) is 3. The molecule has 3 aromatic heterocycles. The van der Waals surface area contributed by atoms with Gasteiger partial charge in [-0.15, -0.1) is 0 Å². The molecule has 0 amide bonds. The molecule has 2 aromatic carbocycles. The second-order valence-corrected chi connectivity index (χ2v) is 9.05. The minimum atomic E-state index is -0.370. The summed E-state index contributed by atoms with van der Waals surface area (Å²) in [4.78, 5) is 23.0. The number of pyridine rings is 2. The number of carbonyl (C=O) groups is 1. The number of benzene rings is 2. The summed E-state index contributed by atoms with van der Waals surface area (Å²) in [5.41, 5.74) is 4.97. The number of hydrogen-bond donors (Lipinski definition) is 1. The molecule has 3 heterocycles. The van der Waals surface area contributed by atoms with Gasteiger partial charge in [0.25, 0.3) is 0 Å². The lowest BCUT2D eigenvalue weighted by Crippen LogP contribution is -2.29. The lowest BCUT2D eigenvalue weighted by Gasteiger charge is -2.22. The van der Waals surface area contributed by atoms with Gasteiger partial charge in [0, 0.05) is 55.6 Å². The molecule has 0 aliphatic carbocycles. The summed E-state index contributed by atoms with van der Waals surface area (Å²) in [5.74, 6) is 1.07. The first-order valence-corrected chi connectivity index (χ1v) is 12.7. The molecule has 0 atom stereocenters. The fraction of sp³-hybridized carbons (Fsp3) is 0.194. The molecule has 0 fully saturated rings. The number of anilines is 1. The van der Waals surface area contributed by atoms with Crippen LogP contribution < -0.4 is 10.1 Å². The molecule has 198 valence electrons. The van der Waals surface area contributed by atoms with E-state index in [0.717, 1.165) is 45.9 Å². The number of carbonyl (C=O) groups excluding carboxylic acids is 1. The van der Waals surface area contributed by atoms with Gasteiger partial charge in [-0.25, -0.2) is 4.79 Å². The van der Waals surface area contributed by atoms with E-state index in [1.54, 1.807) is 19.2 Å². The van der Waals surface area contributed by atoms with Crippen LogP contribution in [0, 0.1) is 0 Å². The molecule has 0 radical (unpaired) electrons. The van der Waals surface area contributed by atoms with E-state index in [1.165, 1.54) is 7.11 Å². The number of aromatic nitrogens is 2. The molecular weight excluding hydrogens is 492 g/mol. The Balaban J connectivity index is 1.31. The lowest BCUT2D eigenvalue weighted by atomic mass is 10.1. The first kappa shape index (κ1) is 25.9. The van der Waals surface area contributed by atoms with E-state index < -0.39 is 0 Å². The van der Waals surface area contributed by atoms with Gasteiger partial charge in [0.05, 0.1) is 36.9 Å². The molecule has 0 saturated heterocycles. The van der Waals surface area contributed by atoms with Gasteiger partial charge in [-0.1, -0.05) is 24.3 Å².